The van der Waals surface area contributed by atoms with E-state index in [1.165, 1.54) is 0 Å². The Kier molecular flexibility index (Phi) is 5.77. The SMILES string of the molecule is CCN(CCCO)C(=O)C(C)(C)CC. The van der Waals surface area contributed by atoms with Gasteiger partial charge in [-0.25, -0.2) is 0 Å². The minimum atomic E-state index is -0.272. The average molecular weight is 201 g/mol. The number of carbonyl (C=O) groups excluding carboxylic acids is 1. The zero-order valence-electron chi connectivity index (χ0n) is 9.84. The topological polar surface area (TPSA) is 40.5 Å². The summed E-state index contributed by atoms with van der Waals surface area (Å²) < 4.78 is 0. The molecule has 0 atom stereocenters. The van der Waals surface area contributed by atoms with E-state index in [9.17, 15) is 4.79 Å². The van der Waals surface area contributed by atoms with Gasteiger partial charge in [-0.1, -0.05) is 20.8 Å². The molecule has 0 radical (unpaired) electrons. The van der Waals surface area contributed by atoms with E-state index >= 15 is 0 Å². The van der Waals surface area contributed by atoms with Crippen LogP contribution in [0.1, 0.15) is 40.5 Å². The van der Waals surface area contributed by atoms with Gasteiger partial charge in [0.25, 0.3) is 0 Å². The first kappa shape index (κ1) is 13.4. The number of hydrogen-bond acceptors (Lipinski definition) is 2. The second-order valence-electron chi connectivity index (χ2n) is 4.20. The minimum absolute atomic E-state index is 0.149. The molecule has 0 bridgehead atoms. The Bertz CT molecular complexity index is 178. The van der Waals surface area contributed by atoms with Crippen molar-refractivity contribution in [1.29, 1.82) is 0 Å². The molecular weight excluding hydrogens is 178 g/mol. The van der Waals surface area contributed by atoms with Crippen LogP contribution in [0.5, 0.6) is 0 Å². The van der Waals surface area contributed by atoms with E-state index in [2.05, 4.69) is 0 Å². The summed E-state index contributed by atoms with van der Waals surface area (Å²) in [7, 11) is 0. The van der Waals surface area contributed by atoms with Crippen molar-refractivity contribution >= 4 is 5.91 Å². The van der Waals surface area contributed by atoms with E-state index < -0.39 is 0 Å². The Hall–Kier alpha value is -0.570. The largest absolute Gasteiger partial charge is 0.396 e. The van der Waals surface area contributed by atoms with Gasteiger partial charge in [-0.2, -0.15) is 0 Å². The van der Waals surface area contributed by atoms with Crippen molar-refractivity contribution in [3.8, 4) is 0 Å². The van der Waals surface area contributed by atoms with Crippen LogP contribution in [-0.2, 0) is 4.79 Å². The lowest BCUT2D eigenvalue weighted by Gasteiger charge is -2.30. The van der Waals surface area contributed by atoms with E-state index in [0.717, 1.165) is 13.0 Å². The maximum atomic E-state index is 12.0. The summed E-state index contributed by atoms with van der Waals surface area (Å²) in [5.41, 5.74) is -0.272. The fraction of sp³-hybridized carbons (Fsp3) is 0.909. The number of rotatable bonds is 6. The Morgan fingerprint density at radius 3 is 2.29 bits per heavy atom. The molecule has 0 saturated heterocycles. The van der Waals surface area contributed by atoms with Crippen molar-refractivity contribution in [3.63, 3.8) is 0 Å². The third-order valence-electron chi connectivity index (χ3n) is 2.72. The predicted molar refractivity (Wildman–Crippen MR) is 58.0 cm³/mol. The van der Waals surface area contributed by atoms with Crippen LogP contribution in [0.2, 0.25) is 0 Å². The van der Waals surface area contributed by atoms with Gasteiger partial charge >= 0.3 is 0 Å². The Morgan fingerprint density at radius 1 is 1.36 bits per heavy atom. The normalized spacial score (nSPS) is 11.5. The molecule has 3 heteroatoms. The highest BCUT2D eigenvalue weighted by Crippen LogP contribution is 2.22. The Labute approximate surface area is 87.1 Å². The molecule has 0 spiro atoms. The molecule has 0 aromatic carbocycles. The molecule has 0 saturated carbocycles. The van der Waals surface area contributed by atoms with Gasteiger partial charge in [0.2, 0.25) is 5.91 Å². The second-order valence-corrected chi connectivity index (χ2v) is 4.20. The van der Waals surface area contributed by atoms with Crippen LogP contribution < -0.4 is 0 Å². The maximum Gasteiger partial charge on any atom is 0.228 e. The maximum absolute atomic E-state index is 12.0. The molecule has 14 heavy (non-hydrogen) atoms. The molecule has 0 aliphatic heterocycles. The van der Waals surface area contributed by atoms with Crippen LogP contribution in [0.3, 0.4) is 0 Å². The molecule has 0 heterocycles. The lowest BCUT2D eigenvalue weighted by molar-refractivity contribution is -0.140. The fourth-order valence-corrected chi connectivity index (χ4v) is 1.24. The van der Waals surface area contributed by atoms with Crippen LogP contribution >= 0.6 is 0 Å². The van der Waals surface area contributed by atoms with Crippen LogP contribution in [0.15, 0.2) is 0 Å². The van der Waals surface area contributed by atoms with E-state index in [1.807, 2.05) is 32.6 Å². The molecule has 0 aliphatic rings. The summed E-state index contributed by atoms with van der Waals surface area (Å²) >= 11 is 0. The molecule has 1 N–H and O–H groups in total. The minimum Gasteiger partial charge on any atom is -0.396 e. The third-order valence-corrected chi connectivity index (χ3v) is 2.72. The molecule has 1 amide bonds. The highest BCUT2D eigenvalue weighted by Gasteiger charge is 2.28. The van der Waals surface area contributed by atoms with Crippen LogP contribution in [0, 0.1) is 5.41 Å². The molecule has 0 unspecified atom stereocenters. The van der Waals surface area contributed by atoms with Crippen LogP contribution in [0.25, 0.3) is 0 Å². The van der Waals surface area contributed by atoms with Gasteiger partial charge < -0.3 is 10.0 Å². The lowest BCUT2D eigenvalue weighted by Crippen LogP contribution is -2.41. The number of aliphatic hydroxyl groups excluding tert-OH is 1. The molecular formula is C11H23NO2. The van der Waals surface area contributed by atoms with Crippen molar-refractivity contribution < 1.29 is 9.90 Å². The van der Waals surface area contributed by atoms with Crippen molar-refractivity contribution in [3.05, 3.63) is 0 Å². The van der Waals surface area contributed by atoms with Crippen LogP contribution in [0.4, 0.5) is 0 Å². The zero-order chi connectivity index (χ0) is 11.2. The van der Waals surface area contributed by atoms with Gasteiger partial charge in [0, 0.05) is 25.1 Å². The summed E-state index contributed by atoms with van der Waals surface area (Å²) in [6.45, 7) is 9.47. The first-order valence-electron chi connectivity index (χ1n) is 5.39. The average Bonchev–Trinajstić information content (AvgIpc) is 2.18. The number of nitrogens with zero attached hydrogens (tertiary/aromatic N) is 1. The van der Waals surface area contributed by atoms with Crippen LogP contribution in [-0.4, -0.2) is 35.6 Å². The van der Waals surface area contributed by atoms with Crippen molar-refractivity contribution in [2.45, 2.75) is 40.5 Å². The van der Waals surface area contributed by atoms with Gasteiger partial charge in [-0.05, 0) is 19.8 Å². The monoisotopic (exact) mass is 201 g/mol. The van der Waals surface area contributed by atoms with Crippen molar-refractivity contribution in [2.75, 3.05) is 19.7 Å². The predicted octanol–water partition coefficient (Wildman–Crippen LogP) is 1.65. The Morgan fingerprint density at radius 2 is 1.93 bits per heavy atom. The number of amides is 1. The van der Waals surface area contributed by atoms with Gasteiger partial charge in [-0.3, -0.25) is 4.79 Å². The zero-order valence-corrected chi connectivity index (χ0v) is 9.84. The highest BCUT2D eigenvalue weighted by molar-refractivity contribution is 5.81. The van der Waals surface area contributed by atoms with Gasteiger partial charge in [0.1, 0.15) is 0 Å². The standard InChI is InChI=1S/C11H23NO2/c1-5-11(3,4)10(14)12(6-2)8-7-9-13/h13H,5-9H2,1-4H3. The molecule has 0 rings (SSSR count). The number of carbonyl (C=O) groups is 1. The quantitative estimate of drug-likeness (QED) is 0.710. The van der Waals surface area contributed by atoms with Gasteiger partial charge in [-0.15, -0.1) is 0 Å². The molecule has 84 valence electrons. The third kappa shape index (κ3) is 3.66. The summed E-state index contributed by atoms with van der Waals surface area (Å²) in [5, 5.41) is 8.71. The van der Waals surface area contributed by atoms with Gasteiger partial charge in [0.05, 0.1) is 0 Å². The summed E-state index contributed by atoms with van der Waals surface area (Å²) in [4.78, 5) is 13.8. The molecule has 0 aromatic heterocycles. The molecule has 0 aliphatic carbocycles. The highest BCUT2D eigenvalue weighted by atomic mass is 16.3. The van der Waals surface area contributed by atoms with E-state index in [0.29, 0.717) is 13.0 Å². The first-order valence-corrected chi connectivity index (χ1v) is 5.39. The summed E-state index contributed by atoms with van der Waals surface area (Å²) in [5.74, 6) is 0.191. The molecule has 0 aromatic rings. The summed E-state index contributed by atoms with van der Waals surface area (Å²) in [6, 6.07) is 0. The summed E-state index contributed by atoms with van der Waals surface area (Å²) in [6.07, 6.45) is 1.51. The molecule has 3 nitrogen and oxygen atoms in total. The fourth-order valence-electron chi connectivity index (χ4n) is 1.24. The van der Waals surface area contributed by atoms with Crippen molar-refractivity contribution in [2.24, 2.45) is 5.41 Å². The van der Waals surface area contributed by atoms with Gasteiger partial charge in [0.15, 0.2) is 0 Å². The van der Waals surface area contributed by atoms with E-state index in [-0.39, 0.29) is 17.9 Å². The number of aliphatic hydroxyl groups is 1. The van der Waals surface area contributed by atoms with E-state index in [4.69, 9.17) is 5.11 Å². The number of hydrogen-bond donors (Lipinski definition) is 1. The lowest BCUT2D eigenvalue weighted by atomic mass is 9.88. The second kappa shape index (κ2) is 6.02. The van der Waals surface area contributed by atoms with E-state index in [1.54, 1.807) is 0 Å². The van der Waals surface area contributed by atoms with Crippen molar-refractivity contribution in [1.82, 2.24) is 4.90 Å². The first-order chi connectivity index (χ1) is 6.49. The smallest absolute Gasteiger partial charge is 0.228 e. The molecule has 0 fully saturated rings. The Balaban J connectivity index is 4.30.